The van der Waals surface area contributed by atoms with E-state index in [1.54, 1.807) is 19.9 Å². The molecule has 0 fully saturated rings. The molecule has 0 saturated heterocycles. The smallest absolute Gasteiger partial charge is 0.363 e. The van der Waals surface area contributed by atoms with Gasteiger partial charge in [0.05, 0.1) is 12.2 Å². The molecule has 0 aliphatic rings. The average Bonchev–Trinajstić information content (AvgIpc) is 2.81. The van der Waals surface area contributed by atoms with Gasteiger partial charge < -0.3 is 15.2 Å². The van der Waals surface area contributed by atoms with Crippen LogP contribution in [0.4, 0.5) is 24.9 Å². The normalized spacial score (nSPS) is 11.5. The summed E-state index contributed by atoms with van der Waals surface area (Å²) >= 11 is 0. The Balaban J connectivity index is 2.19. The van der Waals surface area contributed by atoms with Gasteiger partial charge in [0.1, 0.15) is 5.82 Å². The summed E-state index contributed by atoms with van der Waals surface area (Å²) in [7, 11) is 0. The first-order chi connectivity index (χ1) is 9.88. The summed E-state index contributed by atoms with van der Waals surface area (Å²) in [5, 5.41) is 9.12. The van der Waals surface area contributed by atoms with Crippen LogP contribution in [0.25, 0.3) is 0 Å². The predicted molar refractivity (Wildman–Crippen MR) is 69.8 cm³/mol. The lowest BCUT2D eigenvalue weighted by Gasteiger charge is -2.11. The van der Waals surface area contributed by atoms with Crippen LogP contribution < -0.4 is 10.6 Å². The molecule has 0 bridgehead atoms. The van der Waals surface area contributed by atoms with E-state index < -0.39 is 11.9 Å². The zero-order valence-corrected chi connectivity index (χ0v) is 11.5. The SMILES string of the molecule is CCNc1nc(NCc2cc(C)no2)cc(C(F)(F)F)n1. The molecule has 0 saturated carbocycles. The lowest BCUT2D eigenvalue weighted by molar-refractivity contribution is -0.141. The van der Waals surface area contributed by atoms with Crippen molar-refractivity contribution in [1.82, 2.24) is 15.1 Å². The highest BCUT2D eigenvalue weighted by atomic mass is 19.4. The number of hydrogen-bond donors (Lipinski definition) is 2. The van der Waals surface area contributed by atoms with Crippen molar-refractivity contribution < 1.29 is 17.7 Å². The Labute approximate surface area is 118 Å². The average molecular weight is 301 g/mol. The Morgan fingerprint density at radius 1 is 1.19 bits per heavy atom. The first-order valence-corrected chi connectivity index (χ1v) is 6.24. The first-order valence-electron chi connectivity index (χ1n) is 6.24. The van der Waals surface area contributed by atoms with Crippen LogP contribution in [-0.4, -0.2) is 21.7 Å². The monoisotopic (exact) mass is 301 g/mol. The Morgan fingerprint density at radius 2 is 1.95 bits per heavy atom. The number of hydrogen-bond acceptors (Lipinski definition) is 6. The lowest BCUT2D eigenvalue weighted by Crippen LogP contribution is -2.14. The molecule has 0 aromatic carbocycles. The van der Waals surface area contributed by atoms with Gasteiger partial charge in [-0.1, -0.05) is 5.16 Å². The van der Waals surface area contributed by atoms with Gasteiger partial charge in [0.15, 0.2) is 11.5 Å². The maximum atomic E-state index is 12.8. The highest BCUT2D eigenvalue weighted by Crippen LogP contribution is 2.29. The second-order valence-electron chi connectivity index (χ2n) is 4.28. The van der Waals surface area contributed by atoms with E-state index in [-0.39, 0.29) is 18.3 Å². The molecule has 6 nitrogen and oxygen atoms in total. The molecule has 2 N–H and O–H groups in total. The Bertz CT molecular complexity index is 611. The highest BCUT2D eigenvalue weighted by Gasteiger charge is 2.33. The topological polar surface area (TPSA) is 75.9 Å². The van der Waals surface area contributed by atoms with Gasteiger partial charge in [0, 0.05) is 18.7 Å². The quantitative estimate of drug-likeness (QED) is 0.884. The maximum Gasteiger partial charge on any atom is 0.433 e. The van der Waals surface area contributed by atoms with Gasteiger partial charge in [-0.15, -0.1) is 0 Å². The molecule has 2 rings (SSSR count). The van der Waals surface area contributed by atoms with E-state index in [9.17, 15) is 13.2 Å². The maximum absolute atomic E-state index is 12.8. The fraction of sp³-hybridized carbons (Fsp3) is 0.417. The zero-order valence-electron chi connectivity index (χ0n) is 11.5. The van der Waals surface area contributed by atoms with Gasteiger partial charge in [-0.3, -0.25) is 0 Å². The predicted octanol–water partition coefficient (Wildman–Crippen LogP) is 2.84. The van der Waals surface area contributed by atoms with Crippen molar-refractivity contribution in [3.63, 3.8) is 0 Å². The van der Waals surface area contributed by atoms with Gasteiger partial charge in [-0.2, -0.15) is 18.2 Å². The van der Waals surface area contributed by atoms with Crippen LogP contribution in [0.2, 0.25) is 0 Å². The molecule has 114 valence electrons. The van der Waals surface area contributed by atoms with Gasteiger partial charge in [-0.25, -0.2) is 4.98 Å². The molecule has 0 unspecified atom stereocenters. The van der Waals surface area contributed by atoms with Crippen LogP contribution >= 0.6 is 0 Å². The van der Waals surface area contributed by atoms with Crippen LogP contribution in [0, 0.1) is 6.92 Å². The van der Waals surface area contributed by atoms with E-state index in [1.807, 2.05) is 0 Å². The molecular formula is C12H14F3N5O. The molecular weight excluding hydrogens is 287 g/mol. The third kappa shape index (κ3) is 4.07. The summed E-state index contributed by atoms with van der Waals surface area (Å²) in [6, 6.07) is 2.54. The summed E-state index contributed by atoms with van der Waals surface area (Å²) < 4.78 is 43.3. The van der Waals surface area contributed by atoms with E-state index >= 15 is 0 Å². The number of aromatic nitrogens is 3. The fourth-order valence-corrected chi connectivity index (χ4v) is 1.60. The van der Waals surface area contributed by atoms with Crippen LogP contribution in [0.1, 0.15) is 24.1 Å². The Morgan fingerprint density at radius 3 is 2.52 bits per heavy atom. The van der Waals surface area contributed by atoms with Gasteiger partial charge in [0.2, 0.25) is 5.95 Å². The summed E-state index contributed by atoms with van der Waals surface area (Å²) in [5.74, 6) is 0.482. The molecule has 0 amide bonds. The van der Waals surface area contributed by atoms with E-state index in [1.165, 1.54) is 0 Å². The number of halogens is 3. The standard InChI is InChI=1S/C12H14F3N5O/c1-3-16-11-18-9(12(13,14)15)5-10(19-11)17-6-8-4-7(2)20-21-8/h4-5H,3,6H2,1-2H3,(H2,16,17,18,19). The van der Waals surface area contributed by atoms with Gasteiger partial charge >= 0.3 is 6.18 Å². The van der Waals surface area contributed by atoms with Crippen LogP contribution in [0.3, 0.4) is 0 Å². The largest absolute Gasteiger partial charge is 0.433 e. The van der Waals surface area contributed by atoms with E-state index in [2.05, 4.69) is 25.8 Å². The number of nitrogens with zero attached hydrogens (tertiary/aromatic N) is 3. The third-order valence-corrected chi connectivity index (χ3v) is 2.47. The van der Waals surface area contributed by atoms with Crippen LogP contribution in [0.15, 0.2) is 16.7 Å². The minimum Gasteiger partial charge on any atom is -0.363 e. The summed E-state index contributed by atoms with van der Waals surface area (Å²) in [4.78, 5) is 7.39. The molecule has 21 heavy (non-hydrogen) atoms. The fourth-order valence-electron chi connectivity index (χ4n) is 1.60. The number of nitrogens with one attached hydrogen (secondary N) is 2. The second kappa shape index (κ2) is 5.98. The molecule has 2 aromatic heterocycles. The van der Waals surface area contributed by atoms with Crippen molar-refractivity contribution in [2.75, 3.05) is 17.2 Å². The van der Waals surface area contributed by atoms with Crippen molar-refractivity contribution in [2.24, 2.45) is 0 Å². The van der Waals surface area contributed by atoms with Crippen molar-refractivity contribution in [2.45, 2.75) is 26.6 Å². The Kier molecular flexibility index (Phi) is 4.29. The molecule has 0 aliphatic heterocycles. The third-order valence-electron chi connectivity index (χ3n) is 2.47. The second-order valence-corrected chi connectivity index (χ2v) is 4.28. The van der Waals surface area contributed by atoms with Gasteiger partial charge in [-0.05, 0) is 13.8 Å². The summed E-state index contributed by atoms with van der Waals surface area (Å²) in [6.45, 7) is 4.10. The molecule has 2 heterocycles. The molecule has 0 radical (unpaired) electrons. The lowest BCUT2D eigenvalue weighted by atomic mass is 10.3. The Hall–Kier alpha value is -2.32. The molecule has 0 spiro atoms. The van der Waals surface area contributed by atoms with Crippen molar-refractivity contribution >= 4 is 11.8 Å². The van der Waals surface area contributed by atoms with Crippen molar-refractivity contribution in [1.29, 1.82) is 0 Å². The minimum absolute atomic E-state index is 0.0577. The molecule has 9 heteroatoms. The van der Waals surface area contributed by atoms with Crippen LogP contribution in [-0.2, 0) is 12.7 Å². The number of alkyl halides is 3. The van der Waals surface area contributed by atoms with Gasteiger partial charge in [0.25, 0.3) is 0 Å². The highest BCUT2D eigenvalue weighted by molar-refractivity contribution is 5.43. The number of anilines is 2. The molecule has 0 aliphatic carbocycles. The number of aryl methyl sites for hydroxylation is 1. The zero-order chi connectivity index (χ0) is 15.5. The van der Waals surface area contributed by atoms with Crippen LogP contribution in [0.5, 0.6) is 0 Å². The molecule has 0 atom stereocenters. The van der Waals surface area contributed by atoms with E-state index in [4.69, 9.17) is 4.52 Å². The first kappa shape index (κ1) is 15.1. The van der Waals surface area contributed by atoms with Crippen molar-refractivity contribution in [3.05, 3.63) is 29.3 Å². The summed E-state index contributed by atoms with van der Waals surface area (Å²) in [5.41, 5.74) is -0.316. The minimum atomic E-state index is -4.54. The van der Waals surface area contributed by atoms with E-state index in [0.717, 1.165) is 6.07 Å². The van der Waals surface area contributed by atoms with E-state index in [0.29, 0.717) is 18.0 Å². The molecule has 2 aromatic rings. The summed E-state index contributed by atoms with van der Waals surface area (Å²) in [6.07, 6.45) is -4.54. The van der Waals surface area contributed by atoms with Crippen molar-refractivity contribution in [3.8, 4) is 0 Å². The number of rotatable bonds is 5.